The molecule has 0 saturated heterocycles. The number of hydrogen-bond donors (Lipinski definition) is 1. The van der Waals surface area contributed by atoms with Crippen LogP contribution in [0.2, 0.25) is 10.0 Å². The molecule has 0 amide bonds. The molecule has 4 rings (SSSR count). The van der Waals surface area contributed by atoms with E-state index in [9.17, 15) is 0 Å². The Labute approximate surface area is 171 Å². The van der Waals surface area contributed by atoms with Crippen LogP contribution >= 0.6 is 39.1 Å². The van der Waals surface area contributed by atoms with Crippen molar-refractivity contribution < 1.29 is 0 Å². The molecular formula is C20H20BrCl2N3. The van der Waals surface area contributed by atoms with E-state index in [2.05, 4.69) is 51.8 Å². The Balaban J connectivity index is 1.92. The van der Waals surface area contributed by atoms with Crippen molar-refractivity contribution in [2.24, 2.45) is 0 Å². The summed E-state index contributed by atoms with van der Waals surface area (Å²) in [5, 5.41) is 4.91. The Morgan fingerprint density at radius 3 is 2.69 bits per heavy atom. The van der Waals surface area contributed by atoms with E-state index >= 15 is 0 Å². The summed E-state index contributed by atoms with van der Waals surface area (Å²) in [7, 11) is 0. The number of imidazole rings is 1. The molecule has 1 N–H and O–H groups in total. The maximum Gasteiger partial charge on any atom is 0.204 e. The van der Waals surface area contributed by atoms with Crippen LogP contribution in [0, 0.1) is 0 Å². The molecule has 3 nitrogen and oxygen atoms in total. The number of nitrogens with one attached hydrogen (secondary N) is 1. The highest BCUT2D eigenvalue weighted by molar-refractivity contribution is 9.10. The lowest BCUT2D eigenvalue weighted by atomic mass is 9.93. The lowest BCUT2D eigenvalue weighted by Gasteiger charge is -2.18. The fourth-order valence-electron chi connectivity index (χ4n) is 3.97. The second-order valence-corrected chi connectivity index (χ2v) is 8.41. The zero-order valence-electron chi connectivity index (χ0n) is 14.7. The van der Waals surface area contributed by atoms with Crippen LogP contribution in [0.15, 0.2) is 34.8 Å². The first-order valence-corrected chi connectivity index (χ1v) is 10.5. The maximum absolute atomic E-state index is 6.64. The second kappa shape index (κ2) is 7.06. The average molecular weight is 453 g/mol. The molecule has 2 heterocycles. The van der Waals surface area contributed by atoms with Gasteiger partial charge < -0.3 is 5.32 Å². The molecular weight excluding hydrogens is 433 g/mol. The van der Waals surface area contributed by atoms with Crippen LogP contribution in [-0.4, -0.2) is 16.1 Å². The highest BCUT2D eigenvalue weighted by Gasteiger charge is 2.30. The second-order valence-electron chi connectivity index (χ2n) is 6.72. The van der Waals surface area contributed by atoms with Gasteiger partial charge in [-0.2, -0.15) is 0 Å². The van der Waals surface area contributed by atoms with Crippen molar-refractivity contribution in [2.75, 3.05) is 11.9 Å². The molecule has 3 aromatic rings. The van der Waals surface area contributed by atoms with Gasteiger partial charge >= 0.3 is 0 Å². The predicted octanol–water partition coefficient (Wildman–Crippen LogP) is 7.02. The van der Waals surface area contributed by atoms with Crippen molar-refractivity contribution in [3.63, 3.8) is 0 Å². The molecule has 0 saturated carbocycles. The minimum absolute atomic E-state index is 0.121. The molecule has 136 valence electrons. The van der Waals surface area contributed by atoms with E-state index in [0.717, 1.165) is 50.9 Å². The van der Waals surface area contributed by atoms with E-state index in [1.807, 2.05) is 18.2 Å². The van der Waals surface area contributed by atoms with Gasteiger partial charge in [-0.25, -0.2) is 4.98 Å². The zero-order chi connectivity index (χ0) is 18.4. The number of fused-ring (bicyclic) bond motifs is 3. The lowest BCUT2D eigenvalue weighted by Crippen LogP contribution is -2.11. The zero-order valence-corrected chi connectivity index (χ0v) is 17.8. The SMILES string of the molecule is CCC(CC)c1ccc(Cl)c2c1nc1n2C(c2ccc(Cl)cc2Br)CN1. The van der Waals surface area contributed by atoms with Crippen LogP contribution < -0.4 is 5.32 Å². The van der Waals surface area contributed by atoms with Crippen LogP contribution in [0.5, 0.6) is 0 Å². The third-order valence-corrected chi connectivity index (χ3v) is 6.56. The molecule has 26 heavy (non-hydrogen) atoms. The van der Waals surface area contributed by atoms with Gasteiger partial charge in [0.25, 0.3) is 0 Å². The number of nitrogens with zero attached hydrogens (tertiary/aromatic N) is 2. The summed E-state index contributed by atoms with van der Waals surface area (Å²) in [5.41, 5.74) is 4.49. The van der Waals surface area contributed by atoms with Gasteiger partial charge in [0.2, 0.25) is 5.95 Å². The Kier molecular flexibility index (Phi) is 4.93. The summed E-state index contributed by atoms with van der Waals surface area (Å²) in [6.07, 6.45) is 2.18. The van der Waals surface area contributed by atoms with E-state index in [-0.39, 0.29) is 6.04 Å². The highest BCUT2D eigenvalue weighted by atomic mass is 79.9. The van der Waals surface area contributed by atoms with Crippen molar-refractivity contribution in [2.45, 2.75) is 38.6 Å². The van der Waals surface area contributed by atoms with E-state index in [1.54, 1.807) is 0 Å². The van der Waals surface area contributed by atoms with Crippen LogP contribution in [0.3, 0.4) is 0 Å². The lowest BCUT2D eigenvalue weighted by molar-refractivity contribution is 0.645. The minimum atomic E-state index is 0.121. The molecule has 1 aliphatic rings. The summed E-state index contributed by atoms with van der Waals surface area (Å²) < 4.78 is 3.23. The molecule has 1 unspecified atom stereocenters. The smallest absolute Gasteiger partial charge is 0.204 e. The summed E-state index contributed by atoms with van der Waals surface area (Å²) in [4.78, 5) is 4.92. The van der Waals surface area contributed by atoms with Gasteiger partial charge in [-0.1, -0.05) is 65.1 Å². The first-order valence-electron chi connectivity index (χ1n) is 8.94. The van der Waals surface area contributed by atoms with Crippen LogP contribution in [-0.2, 0) is 0 Å². The molecule has 6 heteroatoms. The molecule has 0 bridgehead atoms. The maximum atomic E-state index is 6.64. The predicted molar refractivity (Wildman–Crippen MR) is 114 cm³/mol. The number of aromatic nitrogens is 2. The van der Waals surface area contributed by atoms with E-state index < -0.39 is 0 Å². The van der Waals surface area contributed by atoms with Crippen molar-refractivity contribution in [3.8, 4) is 0 Å². The Morgan fingerprint density at radius 2 is 2.00 bits per heavy atom. The van der Waals surface area contributed by atoms with Gasteiger partial charge in [0, 0.05) is 16.0 Å². The number of rotatable bonds is 4. The molecule has 0 radical (unpaired) electrons. The van der Waals surface area contributed by atoms with Crippen molar-refractivity contribution >= 4 is 56.1 Å². The summed E-state index contributed by atoms with van der Waals surface area (Å²) in [5.74, 6) is 1.37. The Hall–Kier alpha value is -1.23. The molecule has 2 aromatic carbocycles. The topological polar surface area (TPSA) is 29.9 Å². The van der Waals surface area contributed by atoms with E-state index in [4.69, 9.17) is 28.2 Å². The average Bonchev–Trinajstić information content (AvgIpc) is 3.18. The van der Waals surface area contributed by atoms with Gasteiger partial charge in [-0.05, 0) is 48.1 Å². The Morgan fingerprint density at radius 1 is 1.23 bits per heavy atom. The number of anilines is 1. The first kappa shape index (κ1) is 18.1. The number of benzene rings is 2. The van der Waals surface area contributed by atoms with Crippen LogP contribution in [0.1, 0.15) is 49.8 Å². The van der Waals surface area contributed by atoms with Crippen molar-refractivity contribution in [3.05, 3.63) is 56.0 Å². The van der Waals surface area contributed by atoms with Crippen molar-refractivity contribution in [1.29, 1.82) is 0 Å². The molecule has 0 aliphatic carbocycles. The first-order chi connectivity index (χ1) is 12.5. The summed E-state index contributed by atoms with van der Waals surface area (Å²) in [6.45, 7) is 5.23. The third kappa shape index (κ3) is 2.83. The largest absolute Gasteiger partial charge is 0.353 e. The van der Waals surface area contributed by atoms with Crippen LogP contribution in [0.4, 0.5) is 5.95 Å². The molecule has 0 spiro atoms. The van der Waals surface area contributed by atoms with Crippen molar-refractivity contribution in [1.82, 2.24) is 9.55 Å². The molecule has 1 aliphatic heterocycles. The van der Waals surface area contributed by atoms with Gasteiger partial charge in [-0.15, -0.1) is 0 Å². The van der Waals surface area contributed by atoms with Gasteiger partial charge in [-0.3, -0.25) is 4.57 Å². The minimum Gasteiger partial charge on any atom is -0.353 e. The summed E-state index contributed by atoms with van der Waals surface area (Å²) >= 11 is 16.4. The molecule has 1 atom stereocenters. The van der Waals surface area contributed by atoms with Gasteiger partial charge in [0.1, 0.15) is 0 Å². The Bertz CT molecular complexity index is 979. The molecule has 1 aromatic heterocycles. The van der Waals surface area contributed by atoms with Gasteiger partial charge in [0.05, 0.1) is 22.1 Å². The number of halogens is 3. The van der Waals surface area contributed by atoms with Gasteiger partial charge in [0.15, 0.2) is 0 Å². The normalized spacial score (nSPS) is 16.3. The van der Waals surface area contributed by atoms with Crippen LogP contribution in [0.25, 0.3) is 11.0 Å². The fourth-order valence-corrected chi connectivity index (χ4v) is 5.16. The number of hydrogen-bond acceptors (Lipinski definition) is 2. The quantitative estimate of drug-likeness (QED) is 0.460. The highest BCUT2D eigenvalue weighted by Crippen LogP contribution is 2.42. The summed E-state index contributed by atoms with van der Waals surface area (Å²) in [6, 6.07) is 10.2. The fraction of sp³-hybridized carbons (Fsp3) is 0.350. The van der Waals surface area contributed by atoms with E-state index in [0.29, 0.717) is 5.92 Å². The van der Waals surface area contributed by atoms with E-state index in [1.165, 1.54) is 11.1 Å². The third-order valence-electron chi connectivity index (χ3n) is 5.33. The molecule has 0 fully saturated rings. The standard InChI is InChI=1S/C20H20BrCl2N3/c1-3-11(4-2)13-7-8-16(23)19-18(13)25-20-24-10-17(26(19)20)14-6-5-12(22)9-15(14)21/h5-9,11,17H,3-4,10H2,1-2H3,(H,24,25). The monoisotopic (exact) mass is 451 g/mol.